The molecule has 2 atom stereocenters. The molecule has 6 nitrogen and oxygen atoms in total. The fraction of sp³-hybridized carbons (Fsp3) is 0.348. The zero-order chi connectivity index (χ0) is 24.2. The summed E-state index contributed by atoms with van der Waals surface area (Å²) >= 11 is 6.49. The van der Waals surface area contributed by atoms with Crippen LogP contribution in [0.1, 0.15) is 40.1 Å². The average molecular weight is 498 g/mol. The quantitative estimate of drug-likeness (QED) is 0.510. The Labute approximate surface area is 196 Å². The number of pyridine rings is 1. The maximum Gasteiger partial charge on any atom is 0.419 e. The van der Waals surface area contributed by atoms with Gasteiger partial charge in [0.1, 0.15) is 17.9 Å². The van der Waals surface area contributed by atoms with E-state index < -0.39 is 29.8 Å². The molecule has 0 radical (unpaired) electrons. The zero-order valence-corrected chi connectivity index (χ0v) is 18.5. The van der Waals surface area contributed by atoms with Crippen molar-refractivity contribution in [1.82, 2.24) is 9.88 Å². The van der Waals surface area contributed by atoms with Crippen LogP contribution in [-0.2, 0) is 28.9 Å². The highest BCUT2D eigenvalue weighted by Crippen LogP contribution is 2.40. The third kappa shape index (κ3) is 3.99. The Morgan fingerprint density at radius 1 is 1.15 bits per heavy atom. The standard InChI is InChI=1S/C23H20ClF4N3O3/c24-17-7-19-12(14-8-34-9-15(14)21(29)30-19)6-13(17)22(32)31-3-4-33-10-20(31)11-1-2-18(25)16(5-11)23(26,27)28/h1-2,5-7,20,22,32H,3-4,8-10H2,(H2,29,30). The van der Waals surface area contributed by atoms with Gasteiger partial charge in [-0.2, -0.15) is 13.2 Å². The lowest BCUT2D eigenvalue weighted by atomic mass is 9.98. The van der Waals surface area contributed by atoms with Gasteiger partial charge in [-0.3, -0.25) is 4.90 Å². The molecular weight excluding hydrogens is 478 g/mol. The molecule has 1 aromatic heterocycles. The van der Waals surface area contributed by atoms with Crippen molar-refractivity contribution in [2.24, 2.45) is 0 Å². The molecule has 180 valence electrons. The van der Waals surface area contributed by atoms with E-state index in [1.165, 1.54) is 6.07 Å². The predicted molar refractivity (Wildman–Crippen MR) is 116 cm³/mol. The first-order valence-electron chi connectivity index (χ1n) is 10.5. The molecule has 2 aromatic carbocycles. The number of rotatable bonds is 3. The normalized spacial score (nSPS) is 20.0. The van der Waals surface area contributed by atoms with Gasteiger partial charge in [0.25, 0.3) is 0 Å². The van der Waals surface area contributed by atoms with Crippen molar-refractivity contribution in [3.63, 3.8) is 0 Å². The Morgan fingerprint density at radius 3 is 2.68 bits per heavy atom. The highest BCUT2D eigenvalue weighted by atomic mass is 35.5. The van der Waals surface area contributed by atoms with E-state index in [0.29, 0.717) is 30.1 Å². The summed E-state index contributed by atoms with van der Waals surface area (Å²) in [5, 5.41) is 12.3. The highest BCUT2D eigenvalue weighted by Gasteiger charge is 2.37. The van der Waals surface area contributed by atoms with Gasteiger partial charge in [0.05, 0.1) is 43.5 Å². The number of nitrogen functional groups attached to an aromatic ring is 1. The van der Waals surface area contributed by atoms with Gasteiger partial charge in [-0.15, -0.1) is 0 Å². The van der Waals surface area contributed by atoms with Crippen LogP contribution in [0.2, 0.25) is 5.02 Å². The fourth-order valence-corrected chi connectivity index (χ4v) is 4.81. The molecule has 2 aliphatic rings. The van der Waals surface area contributed by atoms with Crippen molar-refractivity contribution >= 4 is 28.3 Å². The third-order valence-electron chi connectivity index (χ3n) is 6.29. The van der Waals surface area contributed by atoms with Gasteiger partial charge in [0.15, 0.2) is 0 Å². The second kappa shape index (κ2) is 8.62. The molecule has 11 heteroatoms. The summed E-state index contributed by atoms with van der Waals surface area (Å²) < 4.78 is 64.7. The maximum absolute atomic E-state index is 13.8. The summed E-state index contributed by atoms with van der Waals surface area (Å²) in [5.41, 5.74) is 7.39. The van der Waals surface area contributed by atoms with Crippen LogP contribution >= 0.6 is 11.6 Å². The number of fused-ring (bicyclic) bond motifs is 3. The number of anilines is 1. The SMILES string of the molecule is Nc1nc2cc(Cl)c(C(O)N3CCOCC3c3ccc(F)c(C(F)(F)F)c3)cc2c2c1COC2. The molecule has 0 amide bonds. The summed E-state index contributed by atoms with van der Waals surface area (Å²) in [4.78, 5) is 5.97. The molecule has 0 aliphatic carbocycles. The van der Waals surface area contributed by atoms with Gasteiger partial charge in [-0.25, -0.2) is 9.37 Å². The second-order valence-corrected chi connectivity index (χ2v) is 8.68. The number of aliphatic hydroxyl groups excluding tert-OH is 1. The van der Waals surface area contributed by atoms with Gasteiger partial charge < -0.3 is 20.3 Å². The smallest absolute Gasteiger partial charge is 0.383 e. The summed E-state index contributed by atoms with van der Waals surface area (Å²) in [6.07, 6.45) is -6.11. The van der Waals surface area contributed by atoms with E-state index in [2.05, 4.69) is 4.98 Å². The van der Waals surface area contributed by atoms with Crippen LogP contribution in [-0.4, -0.2) is 34.7 Å². The second-order valence-electron chi connectivity index (χ2n) is 8.28. The number of benzene rings is 2. The minimum atomic E-state index is -4.85. The molecule has 3 aromatic rings. The third-order valence-corrected chi connectivity index (χ3v) is 6.62. The van der Waals surface area contributed by atoms with E-state index in [4.69, 9.17) is 26.8 Å². The van der Waals surface area contributed by atoms with E-state index >= 15 is 0 Å². The van der Waals surface area contributed by atoms with E-state index in [1.807, 2.05) is 0 Å². The zero-order valence-electron chi connectivity index (χ0n) is 17.7. The number of alkyl halides is 3. The van der Waals surface area contributed by atoms with E-state index in [9.17, 15) is 22.7 Å². The molecule has 2 aliphatic heterocycles. The summed E-state index contributed by atoms with van der Waals surface area (Å²) in [7, 11) is 0. The molecular formula is C23H20ClF4N3O3. The highest BCUT2D eigenvalue weighted by molar-refractivity contribution is 6.32. The summed E-state index contributed by atoms with van der Waals surface area (Å²) in [6, 6.07) is 5.35. The summed E-state index contributed by atoms with van der Waals surface area (Å²) in [5.74, 6) is -1.00. The molecule has 1 fully saturated rings. The van der Waals surface area contributed by atoms with Gasteiger partial charge in [0.2, 0.25) is 0 Å². The van der Waals surface area contributed by atoms with Crippen molar-refractivity contribution < 1.29 is 32.1 Å². The van der Waals surface area contributed by atoms with Crippen LogP contribution in [0, 0.1) is 5.82 Å². The van der Waals surface area contributed by atoms with Crippen molar-refractivity contribution in [3.8, 4) is 0 Å². The molecule has 1 saturated heterocycles. The lowest BCUT2D eigenvalue weighted by Gasteiger charge is -2.39. The minimum absolute atomic E-state index is 0.0204. The maximum atomic E-state index is 13.8. The molecule has 34 heavy (non-hydrogen) atoms. The number of nitrogens with zero attached hydrogens (tertiary/aromatic N) is 2. The Balaban J connectivity index is 1.55. The van der Waals surface area contributed by atoms with Crippen molar-refractivity contribution in [2.45, 2.75) is 31.7 Å². The molecule has 3 heterocycles. The van der Waals surface area contributed by atoms with Gasteiger partial charge >= 0.3 is 6.18 Å². The van der Waals surface area contributed by atoms with Gasteiger partial charge in [-0.05, 0) is 35.4 Å². The molecule has 5 rings (SSSR count). The topological polar surface area (TPSA) is 80.8 Å². The Bertz CT molecular complexity index is 1270. The molecule has 0 spiro atoms. The first-order chi connectivity index (χ1) is 16.1. The van der Waals surface area contributed by atoms with Crippen LogP contribution in [0.25, 0.3) is 10.9 Å². The average Bonchev–Trinajstić information content (AvgIpc) is 3.29. The van der Waals surface area contributed by atoms with Crippen LogP contribution in [0.3, 0.4) is 0 Å². The number of aliphatic hydroxyl groups is 1. The van der Waals surface area contributed by atoms with Gasteiger partial charge in [0, 0.05) is 28.1 Å². The molecule has 2 unspecified atom stereocenters. The number of aromatic nitrogens is 1. The van der Waals surface area contributed by atoms with Crippen LogP contribution in [0.4, 0.5) is 23.4 Å². The van der Waals surface area contributed by atoms with E-state index in [-0.39, 0.29) is 30.3 Å². The van der Waals surface area contributed by atoms with Crippen LogP contribution in [0.15, 0.2) is 30.3 Å². The lowest BCUT2D eigenvalue weighted by Crippen LogP contribution is -2.42. The first-order valence-corrected chi connectivity index (χ1v) is 10.9. The first kappa shape index (κ1) is 23.3. The Hall–Kier alpha value is -2.50. The number of halogens is 5. The minimum Gasteiger partial charge on any atom is -0.383 e. The summed E-state index contributed by atoms with van der Waals surface area (Å²) in [6.45, 7) is 1.17. The van der Waals surface area contributed by atoms with Gasteiger partial charge in [-0.1, -0.05) is 17.7 Å². The van der Waals surface area contributed by atoms with Crippen LogP contribution < -0.4 is 5.73 Å². The van der Waals surface area contributed by atoms with E-state index in [0.717, 1.165) is 28.6 Å². The number of hydrogen-bond donors (Lipinski definition) is 2. The molecule has 0 bridgehead atoms. The monoisotopic (exact) mass is 497 g/mol. The van der Waals surface area contributed by atoms with E-state index in [1.54, 1.807) is 17.0 Å². The van der Waals surface area contributed by atoms with Crippen molar-refractivity contribution in [1.29, 1.82) is 0 Å². The molecule has 3 N–H and O–H groups in total. The Kier molecular flexibility index (Phi) is 5.89. The van der Waals surface area contributed by atoms with Crippen molar-refractivity contribution in [3.05, 3.63) is 69.0 Å². The number of morpholine rings is 1. The fourth-order valence-electron chi connectivity index (χ4n) is 4.55. The van der Waals surface area contributed by atoms with Crippen molar-refractivity contribution in [2.75, 3.05) is 25.5 Å². The molecule has 0 saturated carbocycles. The Morgan fingerprint density at radius 2 is 1.91 bits per heavy atom. The lowest BCUT2D eigenvalue weighted by molar-refractivity contribution is -0.140. The number of ether oxygens (including phenoxy) is 2. The largest absolute Gasteiger partial charge is 0.419 e. The predicted octanol–water partition coefficient (Wildman–Crippen LogP) is 4.72. The number of nitrogens with two attached hydrogens (primary N) is 1. The van der Waals surface area contributed by atoms with Crippen LogP contribution in [0.5, 0.6) is 0 Å². The number of hydrogen-bond acceptors (Lipinski definition) is 6.